The monoisotopic (exact) mass is 309 g/mol. The van der Waals surface area contributed by atoms with Gasteiger partial charge in [0.15, 0.2) is 0 Å². The van der Waals surface area contributed by atoms with Gasteiger partial charge in [-0.05, 0) is 30.0 Å². The van der Waals surface area contributed by atoms with Crippen molar-refractivity contribution < 1.29 is 4.79 Å². The van der Waals surface area contributed by atoms with E-state index in [9.17, 15) is 4.79 Å². The first-order valence-electron chi connectivity index (χ1n) is 8.17. The summed E-state index contributed by atoms with van der Waals surface area (Å²) in [6, 6.07) is 17.4. The molecule has 0 spiro atoms. The van der Waals surface area contributed by atoms with Crippen molar-refractivity contribution in [2.45, 2.75) is 18.9 Å². The molecule has 1 unspecified atom stereocenters. The van der Waals surface area contributed by atoms with Crippen molar-refractivity contribution in [1.82, 2.24) is 5.32 Å². The van der Waals surface area contributed by atoms with Crippen molar-refractivity contribution in [3.8, 4) is 0 Å². The predicted octanol–water partition coefficient (Wildman–Crippen LogP) is 2.26. The molecule has 0 radical (unpaired) electrons. The van der Waals surface area contributed by atoms with Crippen LogP contribution in [0, 0.1) is 0 Å². The fraction of sp³-hybridized carbons (Fsp3) is 0.316. The number of carbonyl (C=O) groups is 1. The number of carbonyl (C=O) groups excluding carboxylic acids is 1. The molecular weight excluding hydrogens is 286 g/mol. The predicted molar refractivity (Wildman–Crippen MR) is 93.4 cm³/mol. The molecule has 0 aromatic heterocycles. The highest BCUT2D eigenvalue weighted by atomic mass is 16.2. The Bertz CT molecular complexity index is 657. The maximum Gasteiger partial charge on any atom is 0.241 e. The van der Waals surface area contributed by atoms with Crippen LogP contribution in [-0.2, 0) is 11.2 Å². The molecule has 0 saturated carbocycles. The molecule has 1 heterocycles. The SMILES string of the molecule is NC(C(=O)NCCCN1CCc2ccccc21)c1ccccc1. The number of amides is 1. The summed E-state index contributed by atoms with van der Waals surface area (Å²) in [5.74, 6) is -0.113. The van der Waals surface area contributed by atoms with E-state index in [0.29, 0.717) is 6.54 Å². The zero-order valence-electron chi connectivity index (χ0n) is 13.2. The third kappa shape index (κ3) is 3.71. The second-order valence-corrected chi connectivity index (χ2v) is 5.90. The van der Waals surface area contributed by atoms with E-state index in [2.05, 4.69) is 34.5 Å². The molecule has 23 heavy (non-hydrogen) atoms. The number of nitrogens with zero attached hydrogens (tertiary/aromatic N) is 1. The van der Waals surface area contributed by atoms with Gasteiger partial charge >= 0.3 is 0 Å². The van der Waals surface area contributed by atoms with Crippen molar-refractivity contribution in [3.63, 3.8) is 0 Å². The lowest BCUT2D eigenvalue weighted by atomic mass is 10.1. The largest absolute Gasteiger partial charge is 0.371 e. The fourth-order valence-electron chi connectivity index (χ4n) is 3.04. The standard InChI is InChI=1S/C19H23N3O/c20-18(16-8-2-1-3-9-16)19(23)21-12-6-13-22-14-11-15-7-4-5-10-17(15)22/h1-5,7-10,18H,6,11-14,20H2,(H,21,23). The Morgan fingerprint density at radius 3 is 2.70 bits per heavy atom. The van der Waals surface area contributed by atoms with Gasteiger partial charge in [0.25, 0.3) is 0 Å². The van der Waals surface area contributed by atoms with Crippen LogP contribution in [0.25, 0.3) is 0 Å². The number of rotatable bonds is 6. The van der Waals surface area contributed by atoms with Crippen molar-refractivity contribution in [1.29, 1.82) is 0 Å². The highest BCUT2D eigenvalue weighted by molar-refractivity contribution is 5.82. The molecular formula is C19H23N3O. The van der Waals surface area contributed by atoms with E-state index in [1.165, 1.54) is 11.3 Å². The van der Waals surface area contributed by atoms with E-state index in [1.54, 1.807) is 0 Å². The molecule has 0 fully saturated rings. The number of hydrogen-bond acceptors (Lipinski definition) is 3. The lowest BCUT2D eigenvalue weighted by molar-refractivity contribution is -0.122. The molecule has 1 atom stereocenters. The van der Waals surface area contributed by atoms with Crippen LogP contribution in [-0.4, -0.2) is 25.5 Å². The first-order valence-corrected chi connectivity index (χ1v) is 8.17. The number of hydrogen-bond donors (Lipinski definition) is 2. The second kappa shape index (κ2) is 7.29. The molecule has 0 saturated heterocycles. The highest BCUT2D eigenvalue weighted by Gasteiger charge is 2.18. The Morgan fingerprint density at radius 2 is 1.87 bits per heavy atom. The maximum atomic E-state index is 12.1. The van der Waals surface area contributed by atoms with E-state index < -0.39 is 6.04 Å². The first-order chi connectivity index (χ1) is 11.3. The molecule has 120 valence electrons. The van der Waals surface area contributed by atoms with Gasteiger partial charge in [-0.1, -0.05) is 48.5 Å². The summed E-state index contributed by atoms with van der Waals surface area (Å²) in [6.45, 7) is 2.67. The Morgan fingerprint density at radius 1 is 1.13 bits per heavy atom. The molecule has 3 N–H and O–H groups in total. The van der Waals surface area contributed by atoms with Crippen LogP contribution in [0.5, 0.6) is 0 Å². The van der Waals surface area contributed by atoms with Crippen molar-refractivity contribution >= 4 is 11.6 Å². The summed E-state index contributed by atoms with van der Waals surface area (Å²) in [5.41, 5.74) is 9.58. The minimum Gasteiger partial charge on any atom is -0.371 e. The Labute approximate surface area is 137 Å². The molecule has 2 aromatic rings. The average Bonchev–Trinajstić information content (AvgIpc) is 3.02. The van der Waals surface area contributed by atoms with Gasteiger partial charge in [-0.15, -0.1) is 0 Å². The zero-order valence-corrected chi connectivity index (χ0v) is 13.2. The van der Waals surface area contributed by atoms with Crippen LogP contribution < -0.4 is 16.0 Å². The summed E-state index contributed by atoms with van der Waals surface area (Å²) < 4.78 is 0. The van der Waals surface area contributed by atoms with Gasteiger partial charge in [-0.3, -0.25) is 4.79 Å². The van der Waals surface area contributed by atoms with Crippen LogP contribution in [0.2, 0.25) is 0 Å². The lowest BCUT2D eigenvalue weighted by Gasteiger charge is -2.19. The third-order valence-electron chi connectivity index (χ3n) is 4.33. The number of nitrogens with one attached hydrogen (secondary N) is 1. The number of fused-ring (bicyclic) bond motifs is 1. The highest BCUT2D eigenvalue weighted by Crippen LogP contribution is 2.27. The Balaban J connectivity index is 1.43. The molecule has 0 aliphatic carbocycles. The van der Waals surface area contributed by atoms with Gasteiger partial charge in [-0.2, -0.15) is 0 Å². The third-order valence-corrected chi connectivity index (χ3v) is 4.33. The van der Waals surface area contributed by atoms with Gasteiger partial charge in [0.05, 0.1) is 0 Å². The van der Waals surface area contributed by atoms with Crippen LogP contribution in [0.3, 0.4) is 0 Å². The average molecular weight is 309 g/mol. The van der Waals surface area contributed by atoms with Gasteiger partial charge in [-0.25, -0.2) is 0 Å². The van der Waals surface area contributed by atoms with Crippen LogP contribution in [0.15, 0.2) is 54.6 Å². The minimum atomic E-state index is -0.594. The number of benzene rings is 2. The normalized spacial score (nSPS) is 14.4. The summed E-state index contributed by atoms with van der Waals surface area (Å²) in [4.78, 5) is 14.5. The Kier molecular flexibility index (Phi) is 4.93. The summed E-state index contributed by atoms with van der Waals surface area (Å²) in [6.07, 6.45) is 2.03. The number of para-hydroxylation sites is 1. The topological polar surface area (TPSA) is 58.4 Å². The lowest BCUT2D eigenvalue weighted by Crippen LogP contribution is -2.35. The number of anilines is 1. The van der Waals surface area contributed by atoms with E-state index in [0.717, 1.165) is 31.5 Å². The van der Waals surface area contributed by atoms with Crippen LogP contribution >= 0.6 is 0 Å². The molecule has 4 nitrogen and oxygen atoms in total. The van der Waals surface area contributed by atoms with Gasteiger partial charge in [0, 0.05) is 25.3 Å². The smallest absolute Gasteiger partial charge is 0.241 e. The van der Waals surface area contributed by atoms with E-state index >= 15 is 0 Å². The first kappa shape index (κ1) is 15.6. The van der Waals surface area contributed by atoms with Gasteiger partial charge in [0.2, 0.25) is 5.91 Å². The number of nitrogens with two attached hydrogens (primary N) is 1. The maximum absolute atomic E-state index is 12.1. The summed E-state index contributed by atoms with van der Waals surface area (Å²) in [5, 5.41) is 2.94. The molecule has 1 aliphatic rings. The summed E-state index contributed by atoms with van der Waals surface area (Å²) >= 11 is 0. The molecule has 2 aromatic carbocycles. The minimum absolute atomic E-state index is 0.113. The fourth-order valence-corrected chi connectivity index (χ4v) is 3.04. The molecule has 1 amide bonds. The Hall–Kier alpha value is -2.33. The second-order valence-electron chi connectivity index (χ2n) is 5.90. The molecule has 0 bridgehead atoms. The van der Waals surface area contributed by atoms with Crippen molar-refractivity contribution in [3.05, 3.63) is 65.7 Å². The van der Waals surface area contributed by atoms with Crippen molar-refractivity contribution in [2.75, 3.05) is 24.5 Å². The molecule has 1 aliphatic heterocycles. The van der Waals surface area contributed by atoms with Gasteiger partial charge in [0.1, 0.15) is 6.04 Å². The molecule has 3 rings (SSSR count). The van der Waals surface area contributed by atoms with E-state index in [-0.39, 0.29) is 5.91 Å². The van der Waals surface area contributed by atoms with Crippen molar-refractivity contribution in [2.24, 2.45) is 5.73 Å². The van der Waals surface area contributed by atoms with E-state index in [1.807, 2.05) is 30.3 Å². The van der Waals surface area contributed by atoms with Gasteiger partial charge < -0.3 is 16.0 Å². The zero-order chi connectivity index (χ0) is 16.1. The quantitative estimate of drug-likeness (QED) is 0.805. The van der Waals surface area contributed by atoms with E-state index in [4.69, 9.17) is 5.73 Å². The van der Waals surface area contributed by atoms with Crippen LogP contribution in [0.1, 0.15) is 23.6 Å². The molecule has 4 heteroatoms. The van der Waals surface area contributed by atoms with Crippen LogP contribution in [0.4, 0.5) is 5.69 Å². The summed E-state index contributed by atoms with van der Waals surface area (Å²) in [7, 11) is 0.